The lowest BCUT2D eigenvalue weighted by Crippen LogP contribution is -2.09. The molecular weight excluding hydrogens is 581 g/mol. The molecule has 2 heteroatoms. The Labute approximate surface area is 296 Å². The Morgan fingerprint density at radius 1 is 0.521 bits per heavy atom. The van der Waals surface area contributed by atoms with Crippen LogP contribution in [0.4, 0.5) is 11.4 Å². The third-order valence-corrected chi connectivity index (χ3v) is 10.0. The Balaban J connectivity index is 2.03. The molecule has 0 aliphatic rings. The number of aryl methyl sites for hydroxylation is 3. The van der Waals surface area contributed by atoms with Crippen molar-refractivity contribution >= 4 is 22.8 Å². The average Bonchev–Trinajstić information content (AvgIpc) is 3.10. The average molecular weight is 649 g/mol. The first-order valence-electron chi connectivity index (χ1n) is 19.9. The molecule has 0 bridgehead atoms. The van der Waals surface area contributed by atoms with Gasteiger partial charge in [0, 0.05) is 0 Å². The lowest BCUT2D eigenvalue weighted by atomic mass is 9.89. The molecule has 0 amide bonds. The first-order valence-corrected chi connectivity index (χ1v) is 19.9. The van der Waals surface area contributed by atoms with Crippen molar-refractivity contribution in [1.29, 1.82) is 0 Å². The Morgan fingerprint density at radius 3 is 1.65 bits per heavy atom. The molecule has 3 aromatic carbocycles. The molecule has 0 saturated heterocycles. The third kappa shape index (κ3) is 12.8. The van der Waals surface area contributed by atoms with Crippen LogP contribution in [0.5, 0.6) is 0 Å². The van der Waals surface area contributed by atoms with Crippen LogP contribution >= 0.6 is 0 Å². The van der Waals surface area contributed by atoms with Crippen molar-refractivity contribution in [3.63, 3.8) is 0 Å². The largest absolute Gasteiger partial charge is 0.252 e. The smallest absolute Gasteiger partial charge is 0.0642 e. The molecule has 0 spiro atoms. The van der Waals surface area contributed by atoms with E-state index in [0.717, 1.165) is 54.9 Å². The zero-order valence-corrected chi connectivity index (χ0v) is 32.0. The van der Waals surface area contributed by atoms with E-state index in [9.17, 15) is 0 Å². The fourth-order valence-electron chi connectivity index (χ4n) is 6.97. The predicted molar refractivity (Wildman–Crippen MR) is 215 cm³/mol. The molecule has 0 N–H and O–H groups in total. The van der Waals surface area contributed by atoms with E-state index < -0.39 is 0 Å². The predicted octanol–water partition coefficient (Wildman–Crippen LogP) is 14.6. The molecule has 48 heavy (non-hydrogen) atoms. The summed E-state index contributed by atoms with van der Waals surface area (Å²) in [6.45, 7) is 15.9. The van der Waals surface area contributed by atoms with Crippen molar-refractivity contribution in [3.8, 4) is 11.1 Å². The molecule has 0 saturated carbocycles. The van der Waals surface area contributed by atoms with E-state index in [1.165, 1.54) is 129 Å². The van der Waals surface area contributed by atoms with E-state index >= 15 is 0 Å². The lowest BCUT2D eigenvalue weighted by Gasteiger charge is -2.17. The highest BCUT2D eigenvalue weighted by Gasteiger charge is 2.14. The SMILES string of the molecule is CCCCCCCCc1cc(N=C(C)C(CC)=Nc2cc(CCCC)c(C)c(CCCCCC)c2)cc(-c2ccccc2)c1CCCC. The van der Waals surface area contributed by atoms with E-state index in [2.05, 4.69) is 103 Å². The summed E-state index contributed by atoms with van der Waals surface area (Å²) in [5.74, 6) is 0. The minimum absolute atomic E-state index is 0.865. The highest BCUT2D eigenvalue weighted by Crippen LogP contribution is 2.34. The molecule has 0 radical (unpaired) electrons. The minimum Gasteiger partial charge on any atom is -0.252 e. The fourth-order valence-corrected chi connectivity index (χ4v) is 6.97. The van der Waals surface area contributed by atoms with Gasteiger partial charge < -0.3 is 0 Å². The molecule has 0 fully saturated rings. The maximum absolute atomic E-state index is 5.33. The van der Waals surface area contributed by atoms with Gasteiger partial charge in [0.25, 0.3) is 0 Å². The maximum atomic E-state index is 5.33. The minimum atomic E-state index is 0.865. The van der Waals surface area contributed by atoms with Crippen LogP contribution in [0.25, 0.3) is 11.1 Å². The number of unbranched alkanes of at least 4 members (excludes halogenated alkanes) is 10. The topological polar surface area (TPSA) is 24.7 Å². The quantitative estimate of drug-likeness (QED) is 0.0722. The Kier molecular flexibility index (Phi) is 18.6. The number of hydrogen-bond acceptors (Lipinski definition) is 2. The Hall–Kier alpha value is -3.00. The van der Waals surface area contributed by atoms with Gasteiger partial charge in [-0.25, -0.2) is 0 Å². The fraction of sp³-hybridized carbons (Fsp3) is 0.565. The second-order valence-corrected chi connectivity index (χ2v) is 14.0. The molecule has 3 aromatic rings. The summed E-state index contributed by atoms with van der Waals surface area (Å²) < 4.78 is 0. The van der Waals surface area contributed by atoms with Gasteiger partial charge in [0.15, 0.2) is 0 Å². The van der Waals surface area contributed by atoms with Crippen molar-refractivity contribution in [1.82, 2.24) is 0 Å². The molecule has 0 atom stereocenters. The highest BCUT2D eigenvalue weighted by atomic mass is 14.8. The molecule has 0 aliphatic heterocycles. The molecule has 0 heterocycles. The molecule has 0 aliphatic carbocycles. The van der Waals surface area contributed by atoms with Crippen LogP contribution in [0.2, 0.25) is 0 Å². The maximum Gasteiger partial charge on any atom is 0.0642 e. The first kappa shape index (κ1) is 39.4. The zero-order valence-electron chi connectivity index (χ0n) is 32.0. The molecule has 3 rings (SSSR count). The van der Waals surface area contributed by atoms with Crippen LogP contribution in [-0.2, 0) is 25.7 Å². The van der Waals surface area contributed by atoms with Gasteiger partial charge in [-0.2, -0.15) is 0 Å². The normalized spacial score (nSPS) is 12.2. The van der Waals surface area contributed by atoms with Gasteiger partial charge in [0.2, 0.25) is 0 Å². The van der Waals surface area contributed by atoms with Crippen molar-refractivity contribution < 1.29 is 0 Å². The van der Waals surface area contributed by atoms with Crippen molar-refractivity contribution in [2.45, 2.75) is 170 Å². The summed E-state index contributed by atoms with van der Waals surface area (Å²) in [5.41, 5.74) is 14.4. The number of benzene rings is 3. The Morgan fingerprint density at radius 2 is 1.02 bits per heavy atom. The third-order valence-electron chi connectivity index (χ3n) is 10.0. The standard InChI is InChI=1S/C46H68N2/c1-8-13-17-19-20-23-30-41-34-43(35-45(44(41)31-16-11-4)38-27-24-21-25-28-38)47-37(7)46(12-5)48-42-32-39(26-15-10-3)36(6)40(33-42)29-22-18-14-9-2/h21,24-25,27-28,32-35H,8-20,22-23,26,29-31H2,1-7H3. The van der Waals surface area contributed by atoms with Crippen molar-refractivity contribution in [2.24, 2.45) is 9.98 Å². The second-order valence-electron chi connectivity index (χ2n) is 14.0. The van der Waals surface area contributed by atoms with Crippen molar-refractivity contribution in [3.05, 3.63) is 82.4 Å². The second kappa shape index (κ2) is 22.6. The summed E-state index contributed by atoms with van der Waals surface area (Å²) in [4.78, 5) is 10.7. The van der Waals surface area contributed by atoms with Crippen molar-refractivity contribution in [2.75, 3.05) is 0 Å². The van der Waals surface area contributed by atoms with Gasteiger partial charge in [-0.15, -0.1) is 0 Å². The summed E-state index contributed by atoms with van der Waals surface area (Å²) >= 11 is 0. The van der Waals surface area contributed by atoms with E-state index in [1.807, 2.05) is 0 Å². The Bertz CT molecular complexity index is 1410. The molecule has 262 valence electrons. The van der Waals surface area contributed by atoms with Gasteiger partial charge in [0.1, 0.15) is 0 Å². The van der Waals surface area contributed by atoms with Gasteiger partial charge in [-0.1, -0.05) is 129 Å². The van der Waals surface area contributed by atoms with E-state index in [4.69, 9.17) is 9.98 Å². The van der Waals surface area contributed by atoms with Gasteiger partial charge >= 0.3 is 0 Å². The van der Waals surface area contributed by atoms with Crippen LogP contribution in [0, 0.1) is 6.92 Å². The monoisotopic (exact) mass is 649 g/mol. The van der Waals surface area contributed by atoms with Gasteiger partial charge in [-0.3, -0.25) is 9.98 Å². The van der Waals surface area contributed by atoms with E-state index in [0.29, 0.717) is 0 Å². The molecular formula is C46H68N2. The number of aliphatic imine (C=N–C) groups is 2. The molecule has 0 unspecified atom stereocenters. The molecule has 2 nitrogen and oxygen atoms in total. The van der Waals surface area contributed by atoms with Crippen LogP contribution in [0.3, 0.4) is 0 Å². The number of nitrogens with zero attached hydrogens (tertiary/aromatic N) is 2. The van der Waals surface area contributed by atoms with Crippen LogP contribution in [-0.4, -0.2) is 11.4 Å². The van der Waals surface area contributed by atoms with E-state index in [1.54, 1.807) is 0 Å². The first-order chi connectivity index (χ1) is 23.4. The molecule has 0 aromatic heterocycles. The summed E-state index contributed by atoms with van der Waals surface area (Å²) in [6.07, 6.45) is 23.4. The summed E-state index contributed by atoms with van der Waals surface area (Å²) in [6, 6.07) is 20.5. The van der Waals surface area contributed by atoms with Gasteiger partial charge in [0.05, 0.1) is 22.8 Å². The van der Waals surface area contributed by atoms with Gasteiger partial charge in [-0.05, 0) is 135 Å². The van der Waals surface area contributed by atoms with Crippen LogP contribution in [0.1, 0.15) is 166 Å². The number of rotatable bonds is 23. The zero-order chi connectivity index (χ0) is 34.6. The van der Waals surface area contributed by atoms with Crippen LogP contribution in [0.15, 0.2) is 64.6 Å². The van der Waals surface area contributed by atoms with E-state index in [-0.39, 0.29) is 0 Å². The summed E-state index contributed by atoms with van der Waals surface area (Å²) in [7, 11) is 0. The summed E-state index contributed by atoms with van der Waals surface area (Å²) in [5, 5.41) is 0. The van der Waals surface area contributed by atoms with Crippen LogP contribution < -0.4 is 0 Å². The highest BCUT2D eigenvalue weighted by molar-refractivity contribution is 6.42. The number of hydrogen-bond donors (Lipinski definition) is 0. The lowest BCUT2D eigenvalue weighted by molar-refractivity contribution is 0.606.